The van der Waals surface area contributed by atoms with Crippen molar-refractivity contribution in [2.24, 2.45) is 11.7 Å². The van der Waals surface area contributed by atoms with Crippen LogP contribution in [0.1, 0.15) is 60.8 Å². The first-order valence-electron chi connectivity index (χ1n) is 6.57. The van der Waals surface area contributed by atoms with Crippen molar-refractivity contribution in [3.63, 3.8) is 0 Å². The van der Waals surface area contributed by atoms with Crippen molar-refractivity contribution in [3.05, 3.63) is 0 Å². The molecule has 0 amide bonds. The Bertz CT molecular complexity index is 82.6. The van der Waals surface area contributed by atoms with Gasteiger partial charge in [-0.3, -0.25) is 0 Å². The van der Waals surface area contributed by atoms with Crippen LogP contribution in [0.15, 0.2) is 0 Å². The van der Waals surface area contributed by atoms with Gasteiger partial charge in [0.25, 0.3) is 0 Å². The summed E-state index contributed by atoms with van der Waals surface area (Å²) in [5, 5.41) is 3.08. The molecule has 15 heavy (non-hydrogen) atoms. The molecular weight excluding hydrogens is 184 g/mol. The van der Waals surface area contributed by atoms with Crippen molar-refractivity contribution in [2.45, 2.75) is 66.8 Å². The van der Waals surface area contributed by atoms with Gasteiger partial charge in [0, 0.05) is 12.6 Å². The maximum atomic E-state index is 5.81. The first kappa shape index (κ1) is 20.3. The Labute approximate surface area is 98.0 Å². The molecule has 0 rings (SSSR count). The van der Waals surface area contributed by atoms with Crippen LogP contribution in [0.5, 0.6) is 0 Å². The van der Waals surface area contributed by atoms with Crippen LogP contribution in [0.4, 0.5) is 0 Å². The van der Waals surface area contributed by atoms with Crippen molar-refractivity contribution < 1.29 is 0 Å². The van der Waals surface area contributed by atoms with Gasteiger partial charge in [0.2, 0.25) is 0 Å². The number of hydrogen-bond donors (Lipinski definition) is 2. The highest BCUT2D eigenvalue weighted by Gasteiger charge is 2.00. The van der Waals surface area contributed by atoms with Gasteiger partial charge >= 0.3 is 0 Å². The second kappa shape index (κ2) is 19.5. The topological polar surface area (TPSA) is 38.0 Å². The molecule has 1 atom stereocenters. The Kier molecular flexibility index (Phi) is 26.4. The van der Waals surface area contributed by atoms with Crippen LogP contribution < -0.4 is 11.1 Å². The van der Waals surface area contributed by atoms with Gasteiger partial charge in [-0.05, 0) is 19.4 Å². The lowest BCUT2D eigenvalue weighted by molar-refractivity contribution is 0.487. The molecule has 0 saturated carbocycles. The van der Waals surface area contributed by atoms with Gasteiger partial charge in [0.05, 0.1) is 0 Å². The standard InChI is InChI=1S/C9H22N2.2C2H6/c1-8(2)5-4-6-9(10)7-11-3;2*1-2/h8-9,11H,4-7,10H2,1-3H3;2*1-2H3. The zero-order chi connectivity index (χ0) is 12.7. The summed E-state index contributed by atoms with van der Waals surface area (Å²) in [4.78, 5) is 0. The zero-order valence-corrected chi connectivity index (χ0v) is 12.1. The molecule has 96 valence electrons. The lowest BCUT2D eigenvalue weighted by Gasteiger charge is -2.11. The third-order valence-electron chi connectivity index (χ3n) is 1.82. The van der Waals surface area contributed by atoms with Gasteiger partial charge in [-0.15, -0.1) is 0 Å². The summed E-state index contributed by atoms with van der Waals surface area (Å²) in [5.41, 5.74) is 5.81. The lowest BCUT2D eigenvalue weighted by atomic mass is 10.0. The van der Waals surface area contributed by atoms with Crippen LogP contribution >= 0.6 is 0 Å². The number of nitrogens with two attached hydrogens (primary N) is 1. The van der Waals surface area contributed by atoms with Crippen molar-refractivity contribution >= 4 is 0 Å². The predicted molar refractivity (Wildman–Crippen MR) is 73.3 cm³/mol. The van der Waals surface area contributed by atoms with E-state index in [9.17, 15) is 0 Å². The zero-order valence-electron chi connectivity index (χ0n) is 12.1. The minimum Gasteiger partial charge on any atom is -0.327 e. The Morgan fingerprint density at radius 1 is 1.00 bits per heavy atom. The van der Waals surface area contributed by atoms with E-state index in [2.05, 4.69) is 19.2 Å². The largest absolute Gasteiger partial charge is 0.327 e. The number of rotatable bonds is 6. The SMILES string of the molecule is CC.CC.CNCC(N)CCCC(C)C. The van der Waals surface area contributed by atoms with E-state index >= 15 is 0 Å². The van der Waals surface area contributed by atoms with Crippen LogP contribution in [-0.4, -0.2) is 19.6 Å². The summed E-state index contributed by atoms with van der Waals surface area (Å²) in [6, 6.07) is 0.346. The monoisotopic (exact) mass is 218 g/mol. The molecule has 0 spiro atoms. The molecule has 2 nitrogen and oxygen atoms in total. The van der Waals surface area contributed by atoms with E-state index in [4.69, 9.17) is 5.73 Å². The summed E-state index contributed by atoms with van der Waals surface area (Å²) >= 11 is 0. The van der Waals surface area contributed by atoms with E-state index in [0.717, 1.165) is 18.9 Å². The van der Waals surface area contributed by atoms with E-state index in [1.54, 1.807) is 0 Å². The molecular formula is C13H34N2. The fourth-order valence-corrected chi connectivity index (χ4v) is 1.15. The van der Waals surface area contributed by atoms with Gasteiger partial charge in [0.15, 0.2) is 0 Å². The Hall–Kier alpha value is -0.0800. The van der Waals surface area contributed by atoms with Crippen molar-refractivity contribution in [1.82, 2.24) is 5.32 Å². The van der Waals surface area contributed by atoms with Crippen molar-refractivity contribution in [1.29, 1.82) is 0 Å². The molecule has 0 aliphatic carbocycles. The highest BCUT2D eigenvalue weighted by molar-refractivity contribution is 4.63. The summed E-state index contributed by atoms with van der Waals surface area (Å²) in [6.07, 6.45) is 3.72. The van der Waals surface area contributed by atoms with Crippen LogP contribution in [0.25, 0.3) is 0 Å². The fraction of sp³-hybridized carbons (Fsp3) is 1.00. The predicted octanol–water partition coefficient (Wildman–Crippen LogP) is 3.41. The molecule has 0 bridgehead atoms. The molecule has 0 aromatic heterocycles. The van der Waals surface area contributed by atoms with Gasteiger partial charge in [-0.1, -0.05) is 54.4 Å². The van der Waals surface area contributed by atoms with Gasteiger partial charge in [-0.25, -0.2) is 0 Å². The van der Waals surface area contributed by atoms with Crippen LogP contribution in [0.3, 0.4) is 0 Å². The van der Waals surface area contributed by atoms with E-state index in [-0.39, 0.29) is 0 Å². The molecule has 3 N–H and O–H groups in total. The van der Waals surface area contributed by atoms with Crippen LogP contribution in [0, 0.1) is 5.92 Å². The first-order valence-corrected chi connectivity index (χ1v) is 6.57. The van der Waals surface area contributed by atoms with E-state index in [1.807, 2.05) is 34.7 Å². The normalized spacial score (nSPS) is 11.0. The quantitative estimate of drug-likeness (QED) is 0.717. The summed E-state index contributed by atoms with van der Waals surface area (Å²) in [6.45, 7) is 13.4. The second-order valence-electron chi connectivity index (χ2n) is 3.64. The Balaban J connectivity index is -0.000000318. The molecule has 0 heterocycles. The number of hydrogen-bond acceptors (Lipinski definition) is 2. The molecule has 0 aromatic carbocycles. The molecule has 0 saturated heterocycles. The third-order valence-corrected chi connectivity index (χ3v) is 1.82. The fourth-order valence-electron chi connectivity index (χ4n) is 1.15. The average molecular weight is 218 g/mol. The maximum Gasteiger partial charge on any atom is 0.0165 e. The number of nitrogens with one attached hydrogen (secondary N) is 1. The first-order chi connectivity index (χ1) is 7.16. The summed E-state index contributed by atoms with van der Waals surface area (Å²) < 4.78 is 0. The molecule has 0 radical (unpaired) electrons. The number of likely N-dealkylation sites (N-methyl/N-ethyl adjacent to an activating group) is 1. The molecule has 1 unspecified atom stereocenters. The van der Waals surface area contributed by atoms with E-state index in [1.165, 1.54) is 12.8 Å². The average Bonchev–Trinajstić information content (AvgIpc) is 2.23. The molecule has 0 aromatic rings. The van der Waals surface area contributed by atoms with Crippen LogP contribution in [-0.2, 0) is 0 Å². The second-order valence-corrected chi connectivity index (χ2v) is 3.64. The molecule has 0 fully saturated rings. The molecule has 0 aliphatic heterocycles. The summed E-state index contributed by atoms with van der Waals surface area (Å²) in [7, 11) is 1.95. The van der Waals surface area contributed by atoms with Crippen LogP contribution in [0.2, 0.25) is 0 Å². The minimum atomic E-state index is 0.346. The molecule has 2 heteroatoms. The van der Waals surface area contributed by atoms with Gasteiger partial charge < -0.3 is 11.1 Å². The molecule has 0 aliphatic rings. The lowest BCUT2D eigenvalue weighted by Crippen LogP contribution is -2.31. The van der Waals surface area contributed by atoms with Gasteiger partial charge in [0.1, 0.15) is 0 Å². The third kappa shape index (κ3) is 24.9. The Morgan fingerprint density at radius 3 is 1.80 bits per heavy atom. The van der Waals surface area contributed by atoms with E-state index in [0.29, 0.717) is 6.04 Å². The smallest absolute Gasteiger partial charge is 0.0165 e. The highest BCUT2D eigenvalue weighted by Crippen LogP contribution is 2.06. The highest BCUT2D eigenvalue weighted by atomic mass is 14.9. The van der Waals surface area contributed by atoms with Crippen molar-refractivity contribution in [2.75, 3.05) is 13.6 Å². The summed E-state index contributed by atoms with van der Waals surface area (Å²) in [5.74, 6) is 0.816. The minimum absolute atomic E-state index is 0.346. The Morgan fingerprint density at radius 2 is 1.47 bits per heavy atom. The van der Waals surface area contributed by atoms with E-state index < -0.39 is 0 Å². The van der Waals surface area contributed by atoms with Gasteiger partial charge in [-0.2, -0.15) is 0 Å². The van der Waals surface area contributed by atoms with Crippen molar-refractivity contribution in [3.8, 4) is 0 Å². The maximum absolute atomic E-state index is 5.81.